The molecule has 0 aromatic carbocycles. The summed E-state index contributed by atoms with van der Waals surface area (Å²) in [5.74, 6) is 0. The number of hydrogen-bond acceptors (Lipinski definition) is 2. The maximum Gasteiger partial charge on any atom is 0.489 e. The van der Waals surface area contributed by atoms with Gasteiger partial charge in [0, 0.05) is 0 Å². The molecule has 1 aliphatic heterocycles. The molecule has 0 amide bonds. The first-order valence-electron chi connectivity index (χ1n) is 5.43. The molecule has 0 bridgehead atoms. The van der Waals surface area contributed by atoms with Gasteiger partial charge in [-0.15, -0.1) is 6.58 Å². The highest BCUT2D eigenvalue weighted by Gasteiger charge is 2.51. The lowest BCUT2D eigenvalue weighted by molar-refractivity contribution is 0.00578. The minimum absolute atomic E-state index is 0.213. The normalized spacial score (nSPS) is 24.3. The Kier molecular flexibility index (Phi) is 3.46. The lowest BCUT2D eigenvalue weighted by Gasteiger charge is -2.32. The monoisotopic (exact) mass is 208 g/mol. The third kappa shape index (κ3) is 2.53. The van der Waals surface area contributed by atoms with E-state index in [4.69, 9.17) is 9.31 Å². The molecule has 1 rings (SSSR count). The predicted octanol–water partition coefficient (Wildman–Crippen LogP) is 3.14. The molecule has 0 radical (unpaired) electrons. The van der Waals surface area contributed by atoms with Crippen LogP contribution in [0.2, 0.25) is 0 Å². The van der Waals surface area contributed by atoms with Gasteiger partial charge >= 0.3 is 7.12 Å². The lowest BCUT2D eigenvalue weighted by Crippen LogP contribution is -2.41. The highest BCUT2D eigenvalue weighted by atomic mass is 16.7. The van der Waals surface area contributed by atoms with Gasteiger partial charge in [0.1, 0.15) is 0 Å². The molecule has 1 heterocycles. The van der Waals surface area contributed by atoms with Crippen molar-refractivity contribution in [1.82, 2.24) is 0 Å². The zero-order chi connectivity index (χ0) is 11.7. The van der Waals surface area contributed by atoms with Crippen LogP contribution in [0.5, 0.6) is 0 Å². The SMILES string of the molecule is C=CC/C=C(/C)B1OC(C)(C)C(C)(C)O1. The predicted molar refractivity (Wildman–Crippen MR) is 64.7 cm³/mol. The average molecular weight is 208 g/mol. The van der Waals surface area contributed by atoms with E-state index in [9.17, 15) is 0 Å². The highest BCUT2D eigenvalue weighted by molar-refractivity contribution is 6.54. The second-order valence-corrected chi connectivity index (χ2v) is 5.06. The molecule has 0 spiro atoms. The Labute approximate surface area is 93.5 Å². The molecule has 0 saturated carbocycles. The van der Waals surface area contributed by atoms with Gasteiger partial charge in [0.25, 0.3) is 0 Å². The van der Waals surface area contributed by atoms with Crippen molar-refractivity contribution in [3.63, 3.8) is 0 Å². The first-order valence-corrected chi connectivity index (χ1v) is 5.43. The van der Waals surface area contributed by atoms with Gasteiger partial charge in [-0.25, -0.2) is 0 Å². The fourth-order valence-corrected chi connectivity index (χ4v) is 1.39. The topological polar surface area (TPSA) is 18.5 Å². The molecule has 0 unspecified atom stereocenters. The largest absolute Gasteiger partial charge is 0.489 e. The van der Waals surface area contributed by atoms with Crippen molar-refractivity contribution in [2.24, 2.45) is 0 Å². The zero-order valence-corrected chi connectivity index (χ0v) is 10.5. The Morgan fingerprint density at radius 3 is 2.07 bits per heavy atom. The molecule has 2 nitrogen and oxygen atoms in total. The van der Waals surface area contributed by atoms with E-state index in [-0.39, 0.29) is 18.3 Å². The standard InChI is InChI=1S/C12H21BO2/c1-7-8-9-10(2)13-14-11(3,4)12(5,6)15-13/h7,9H,1,8H2,2-6H3/b10-9-. The van der Waals surface area contributed by atoms with Gasteiger partial charge in [0.15, 0.2) is 0 Å². The van der Waals surface area contributed by atoms with Crippen molar-refractivity contribution in [2.45, 2.75) is 52.2 Å². The third-order valence-electron chi connectivity index (χ3n) is 3.23. The second kappa shape index (κ2) is 4.15. The van der Waals surface area contributed by atoms with Crippen LogP contribution in [0.15, 0.2) is 24.2 Å². The van der Waals surface area contributed by atoms with Crippen LogP contribution in [0, 0.1) is 0 Å². The minimum atomic E-state index is -0.249. The highest BCUT2D eigenvalue weighted by Crippen LogP contribution is 2.38. The van der Waals surface area contributed by atoms with Gasteiger partial charge in [0.05, 0.1) is 11.2 Å². The van der Waals surface area contributed by atoms with E-state index in [1.807, 2.05) is 13.0 Å². The van der Waals surface area contributed by atoms with Crippen molar-refractivity contribution >= 4 is 7.12 Å². The zero-order valence-electron chi connectivity index (χ0n) is 10.5. The Bertz CT molecular complexity index is 263. The van der Waals surface area contributed by atoms with E-state index in [2.05, 4.69) is 40.3 Å². The summed E-state index contributed by atoms with van der Waals surface area (Å²) < 4.78 is 11.8. The average Bonchev–Trinajstić information content (AvgIpc) is 2.32. The van der Waals surface area contributed by atoms with Crippen molar-refractivity contribution in [2.75, 3.05) is 0 Å². The smallest absolute Gasteiger partial charge is 0.400 e. The van der Waals surface area contributed by atoms with Crippen LogP contribution in [0.25, 0.3) is 0 Å². The molecule has 0 aliphatic carbocycles. The summed E-state index contributed by atoms with van der Waals surface area (Å²) in [5.41, 5.74) is 0.621. The Morgan fingerprint density at radius 1 is 1.20 bits per heavy atom. The Morgan fingerprint density at radius 2 is 1.67 bits per heavy atom. The van der Waals surface area contributed by atoms with Crippen molar-refractivity contribution in [3.05, 3.63) is 24.2 Å². The van der Waals surface area contributed by atoms with Crippen molar-refractivity contribution in [3.8, 4) is 0 Å². The van der Waals surface area contributed by atoms with E-state index in [0.717, 1.165) is 11.9 Å². The van der Waals surface area contributed by atoms with Gasteiger partial charge < -0.3 is 9.31 Å². The summed E-state index contributed by atoms with van der Waals surface area (Å²) in [7, 11) is -0.213. The van der Waals surface area contributed by atoms with E-state index < -0.39 is 0 Å². The molecule has 1 saturated heterocycles. The maximum absolute atomic E-state index is 5.90. The summed E-state index contributed by atoms with van der Waals surface area (Å²) in [6.07, 6.45) is 4.82. The fourth-order valence-electron chi connectivity index (χ4n) is 1.39. The molecule has 1 aliphatic rings. The summed E-state index contributed by atoms with van der Waals surface area (Å²) >= 11 is 0. The second-order valence-electron chi connectivity index (χ2n) is 5.06. The maximum atomic E-state index is 5.90. The third-order valence-corrected chi connectivity index (χ3v) is 3.23. The van der Waals surface area contributed by atoms with E-state index >= 15 is 0 Å². The van der Waals surface area contributed by atoms with E-state index in [1.54, 1.807) is 0 Å². The summed E-state index contributed by atoms with van der Waals surface area (Å²) in [6, 6.07) is 0. The van der Waals surface area contributed by atoms with Crippen LogP contribution >= 0.6 is 0 Å². The van der Waals surface area contributed by atoms with Crippen LogP contribution < -0.4 is 0 Å². The first-order chi connectivity index (χ1) is 6.80. The molecule has 0 atom stereocenters. The molecule has 84 valence electrons. The van der Waals surface area contributed by atoms with E-state index in [0.29, 0.717) is 0 Å². The molecule has 3 heteroatoms. The van der Waals surface area contributed by atoms with Gasteiger partial charge in [-0.3, -0.25) is 0 Å². The number of rotatable bonds is 3. The molecule has 0 N–H and O–H groups in total. The van der Waals surface area contributed by atoms with Gasteiger partial charge in [-0.1, -0.05) is 12.2 Å². The first kappa shape index (κ1) is 12.5. The van der Waals surface area contributed by atoms with E-state index in [1.165, 1.54) is 0 Å². The number of allylic oxidation sites excluding steroid dienone is 3. The molecule has 15 heavy (non-hydrogen) atoms. The van der Waals surface area contributed by atoms with Crippen LogP contribution in [0.3, 0.4) is 0 Å². The quantitative estimate of drug-likeness (QED) is 0.524. The van der Waals surface area contributed by atoms with Crippen molar-refractivity contribution < 1.29 is 9.31 Å². The van der Waals surface area contributed by atoms with Crippen molar-refractivity contribution in [1.29, 1.82) is 0 Å². The molecular formula is C12H21BO2. The van der Waals surface area contributed by atoms with Gasteiger partial charge in [-0.2, -0.15) is 0 Å². The minimum Gasteiger partial charge on any atom is -0.400 e. The number of hydrogen-bond donors (Lipinski definition) is 0. The molecule has 0 aromatic rings. The lowest BCUT2D eigenvalue weighted by atomic mass is 9.79. The van der Waals surface area contributed by atoms with Gasteiger partial charge in [0.2, 0.25) is 0 Å². The summed E-state index contributed by atoms with van der Waals surface area (Å²) in [5, 5.41) is 0. The fraction of sp³-hybridized carbons (Fsp3) is 0.667. The molecular weight excluding hydrogens is 187 g/mol. The Balaban J connectivity index is 2.74. The summed E-state index contributed by atoms with van der Waals surface area (Å²) in [4.78, 5) is 0. The van der Waals surface area contributed by atoms with Crippen LogP contribution in [0.4, 0.5) is 0 Å². The Hall–Kier alpha value is -0.535. The van der Waals surface area contributed by atoms with Crippen LogP contribution in [0.1, 0.15) is 41.0 Å². The van der Waals surface area contributed by atoms with Crippen LogP contribution in [-0.2, 0) is 9.31 Å². The van der Waals surface area contributed by atoms with Crippen LogP contribution in [-0.4, -0.2) is 18.3 Å². The summed E-state index contributed by atoms with van der Waals surface area (Å²) in [6.45, 7) is 14.0. The molecule has 0 aromatic heterocycles. The van der Waals surface area contributed by atoms with Gasteiger partial charge in [-0.05, 0) is 46.5 Å². The molecule has 1 fully saturated rings.